The van der Waals surface area contributed by atoms with Crippen molar-refractivity contribution in [3.8, 4) is 11.5 Å². The number of rotatable bonds is 6. The predicted molar refractivity (Wildman–Crippen MR) is 118 cm³/mol. The van der Waals surface area contributed by atoms with Crippen molar-refractivity contribution in [2.75, 3.05) is 19.5 Å². The van der Waals surface area contributed by atoms with Crippen molar-refractivity contribution in [2.24, 2.45) is 0 Å². The topological polar surface area (TPSA) is 83.8 Å². The Kier molecular flexibility index (Phi) is 5.78. The lowest BCUT2D eigenvalue weighted by Crippen LogP contribution is -2.34. The van der Waals surface area contributed by atoms with Crippen LogP contribution in [-0.2, 0) is 0 Å². The summed E-state index contributed by atoms with van der Waals surface area (Å²) in [5, 5.41) is 23.7. The number of anilines is 1. The number of ether oxygens (including phenoxy) is 2. The van der Waals surface area contributed by atoms with Gasteiger partial charge in [-0.1, -0.05) is 11.8 Å². The molecule has 10 heteroatoms. The number of aliphatic hydroxyl groups is 2. The largest absolute Gasteiger partial charge is 0.506 e. The van der Waals surface area contributed by atoms with Gasteiger partial charge in [0.05, 0.1) is 35.2 Å². The highest BCUT2D eigenvalue weighted by Gasteiger charge is 2.42. The normalized spacial score (nSPS) is 16.3. The Morgan fingerprint density at radius 1 is 1.16 bits per heavy atom. The number of thioether (sulfide) groups is 1. The summed E-state index contributed by atoms with van der Waals surface area (Å²) >= 11 is 2.31. The number of hydrogen-bond donors (Lipinski definition) is 3. The average Bonchev–Trinajstić information content (AvgIpc) is 3.34. The van der Waals surface area contributed by atoms with Gasteiger partial charge < -0.3 is 25.0 Å². The van der Waals surface area contributed by atoms with Gasteiger partial charge in [-0.2, -0.15) is 8.78 Å². The molecule has 0 fully saturated rings. The molecule has 1 unspecified atom stereocenters. The lowest BCUT2D eigenvalue weighted by molar-refractivity contribution is -0.0799. The van der Waals surface area contributed by atoms with Gasteiger partial charge in [0, 0.05) is 11.0 Å². The molecule has 1 aromatic heterocycles. The molecule has 2 aromatic carbocycles. The molecule has 2 heterocycles. The van der Waals surface area contributed by atoms with Crippen LogP contribution in [0.15, 0.2) is 58.2 Å². The van der Waals surface area contributed by atoms with Crippen molar-refractivity contribution in [3.05, 3.63) is 58.3 Å². The van der Waals surface area contributed by atoms with Gasteiger partial charge in [0.2, 0.25) is 0 Å². The van der Waals surface area contributed by atoms with Crippen LogP contribution in [0.1, 0.15) is 5.01 Å². The van der Waals surface area contributed by atoms with Crippen molar-refractivity contribution < 1.29 is 28.5 Å². The predicted octanol–water partition coefficient (Wildman–Crippen LogP) is 5.27. The molecule has 0 radical (unpaired) electrons. The highest BCUT2D eigenvalue weighted by molar-refractivity contribution is 8.03. The SMILES string of the molecule is COc1ccc2c(c1)S/C(=C/C(O)C(F)(F)C(O)=Cc1nc3ccc(OC)cc3s1)N2. The van der Waals surface area contributed by atoms with Crippen molar-refractivity contribution in [3.63, 3.8) is 0 Å². The molecule has 6 nitrogen and oxygen atoms in total. The molecule has 0 saturated carbocycles. The quantitative estimate of drug-likeness (QED) is 0.429. The average molecular weight is 465 g/mol. The maximum atomic E-state index is 14.7. The van der Waals surface area contributed by atoms with E-state index in [0.717, 1.165) is 38.8 Å². The summed E-state index contributed by atoms with van der Waals surface area (Å²) in [7, 11) is 3.06. The number of fused-ring (bicyclic) bond motifs is 2. The zero-order valence-electron chi connectivity index (χ0n) is 16.4. The summed E-state index contributed by atoms with van der Waals surface area (Å²) < 4.78 is 40.3. The van der Waals surface area contributed by atoms with Crippen LogP contribution in [0.25, 0.3) is 16.3 Å². The van der Waals surface area contributed by atoms with Gasteiger partial charge >= 0.3 is 5.92 Å². The lowest BCUT2D eigenvalue weighted by Gasteiger charge is -2.19. The first-order valence-corrected chi connectivity index (χ1v) is 10.7. The fourth-order valence-corrected chi connectivity index (χ4v) is 4.83. The maximum Gasteiger partial charge on any atom is 0.332 e. The third kappa shape index (κ3) is 4.32. The third-order valence-electron chi connectivity index (χ3n) is 4.56. The first-order valence-electron chi connectivity index (χ1n) is 9.06. The van der Waals surface area contributed by atoms with Gasteiger partial charge in [0.15, 0.2) is 5.76 Å². The van der Waals surface area contributed by atoms with Gasteiger partial charge in [-0.25, -0.2) is 4.98 Å². The van der Waals surface area contributed by atoms with Crippen molar-refractivity contribution in [2.45, 2.75) is 16.9 Å². The fraction of sp³-hybridized carbons (Fsp3) is 0.190. The van der Waals surface area contributed by atoms with Gasteiger partial charge in [0.25, 0.3) is 0 Å². The molecule has 0 aliphatic carbocycles. The second-order valence-electron chi connectivity index (χ2n) is 6.60. The number of alkyl halides is 2. The van der Waals surface area contributed by atoms with Crippen molar-refractivity contribution in [1.29, 1.82) is 0 Å². The molecule has 0 amide bonds. The van der Waals surface area contributed by atoms with E-state index in [1.807, 2.05) is 0 Å². The standard InChI is InChI=1S/C21H18F2N2O4S2/c1-28-11-3-5-13-15(7-11)30-19(24-13)9-17(26)21(22,23)18(27)10-20-25-14-6-4-12(29-2)8-16(14)31-20/h3-10,17,24,26-27H,1-2H3/b18-10?,19-9+. The molecule has 162 valence electrons. The van der Waals surface area contributed by atoms with E-state index in [0.29, 0.717) is 22.0 Å². The van der Waals surface area contributed by atoms with Crippen LogP contribution in [-0.4, -0.2) is 41.4 Å². The fourth-order valence-electron chi connectivity index (χ4n) is 2.89. The highest BCUT2D eigenvalue weighted by Crippen LogP contribution is 2.43. The summed E-state index contributed by atoms with van der Waals surface area (Å²) in [6, 6.07) is 10.4. The summed E-state index contributed by atoms with van der Waals surface area (Å²) in [4.78, 5) is 5.00. The van der Waals surface area contributed by atoms with Crippen molar-refractivity contribution in [1.82, 2.24) is 4.98 Å². The van der Waals surface area contributed by atoms with E-state index >= 15 is 0 Å². The molecule has 0 bridgehead atoms. The minimum absolute atomic E-state index is 0.188. The smallest absolute Gasteiger partial charge is 0.332 e. The summed E-state index contributed by atoms with van der Waals surface area (Å²) in [6.45, 7) is 0. The summed E-state index contributed by atoms with van der Waals surface area (Å²) in [5.74, 6) is -3.93. The molecule has 4 rings (SSSR count). The zero-order valence-corrected chi connectivity index (χ0v) is 18.1. The van der Waals surface area contributed by atoms with Crippen molar-refractivity contribution >= 4 is 45.1 Å². The second kappa shape index (κ2) is 8.37. The minimum Gasteiger partial charge on any atom is -0.506 e. The Bertz CT molecular complexity index is 1190. The van der Waals surface area contributed by atoms with Gasteiger partial charge in [-0.05, 0) is 42.5 Å². The van der Waals surface area contributed by atoms with Crippen LogP contribution in [0.3, 0.4) is 0 Å². The highest BCUT2D eigenvalue weighted by atomic mass is 32.2. The molecule has 1 atom stereocenters. The number of benzene rings is 2. The molecule has 3 aromatic rings. The van der Waals surface area contributed by atoms with E-state index in [1.54, 1.807) is 36.4 Å². The molecule has 3 N–H and O–H groups in total. The van der Waals surface area contributed by atoms with E-state index < -0.39 is 17.8 Å². The minimum atomic E-state index is -3.91. The second-order valence-corrected chi connectivity index (χ2v) is 8.75. The molecule has 0 saturated heterocycles. The molecule has 0 spiro atoms. The maximum absolute atomic E-state index is 14.7. The molecular formula is C21H18F2N2O4S2. The number of nitrogens with one attached hydrogen (secondary N) is 1. The van der Waals surface area contributed by atoms with E-state index in [4.69, 9.17) is 9.47 Å². The van der Waals surface area contributed by atoms with E-state index in [1.165, 1.54) is 26.0 Å². The molecule has 1 aliphatic rings. The number of aliphatic hydroxyl groups excluding tert-OH is 2. The van der Waals surface area contributed by atoms with Crippen LogP contribution in [0.2, 0.25) is 0 Å². The van der Waals surface area contributed by atoms with Gasteiger partial charge in [0.1, 0.15) is 22.6 Å². The Labute approximate surface area is 184 Å². The van der Waals surface area contributed by atoms with Crippen LogP contribution < -0.4 is 14.8 Å². The third-order valence-corrected chi connectivity index (χ3v) is 6.54. The van der Waals surface area contributed by atoms with Gasteiger partial charge in [-0.15, -0.1) is 11.3 Å². The van der Waals surface area contributed by atoms with Gasteiger partial charge in [-0.3, -0.25) is 0 Å². The number of thiazole rings is 1. The van der Waals surface area contributed by atoms with Crippen LogP contribution >= 0.6 is 23.1 Å². The lowest BCUT2D eigenvalue weighted by atomic mass is 10.1. The zero-order chi connectivity index (χ0) is 22.2. The summed E-state index contributed by atoms with van der Waals surface area (Å²) in [6.07, 6.45) is -0.401. The van der Waals surface area contributed by atoms with Crippen LogP contribution in [0.5, 0.6) is 11.5 Å². The Morgan fingerprint density at radius 2 is 1.87 bits per heavy atom. The Morgan fingerprint density at radius 3 is 2.61 bits per heavy atom. The van der Waals surface area contributed by atoms with Crippen LogP contribution in [0.4, 0.5) is 14.5 Å². The number of methoxy groups -OCH3 is 2. The van der Waals surface area contributed by atoms with Crippen LogP contribution in [0, 0.1) is 0 Å². The molecular weight excluding hydrogens is 446 g/mol. The first kappa shape index (κ1) is 21.4. The number of aromatic nitrogens is 1. The van der Waals surface area contributed by atoms with E-state index in [-0.39, 0.29) is 5.01 Å². The molecule has 31 heavy (non-hydrogen) atoms. The Hall–Kier alpha value is -2.82. The summed E-state index contributed by atoms with van der Waals surface area (Å²) in [5.41, 5.74) is 1.31. The monoisotopic (exact) mass is 464 g/mol. The molecule has 1 aliphatic heterocycles. The number of halogens is 2. The van der Waals surface area contributed by atoms with E-state index in [9.17, 15) is 19.0 Å². The Balaban J connectivity index is 1.53. The van der Waals surface area contributed by atoms with E-state index in [2.05, 4.69) is 10.3 Å². The number of nitrogens with zero attached hydrogens (tertiary/aromatic N) is 1. The number of hydrogen-bond acceptors (Lipinski definition) is 8. The first-order chi connectivity index (χ1) is 14.8.